The highest BCUT2D eigenvalue weighted by Crippen LogP contribution is 2.26. The summed E-state index contributed by atoms with van der Waals surface area (Å²) < 4.78 is 40.7. The van der Waals surface area contributed by atoms with Gasteiger partial charge in [0.25, 0.3) is 5.91 Å². The summed E-state index contributed by atoms with van der Waals surface area (Å²) in [5, 5.41) is 5.84. The number of amides is 1. The van der Waals surface area contributed by atoms with E-state index in [9.17, 15) is 18.0 Å². The Hall–Kier alpha value is -3.55. The zero-order valence-corrected chi connectivity index (χ0v) is 15.7. The van der Waals surface area contributed by atoms with Crippen LogP contribution in [0.15, 0.2) is 60.8 Å². The number of aromatic nitrogens is 1. The van der Waals surface area contributed by atoms with Gasteiger partial charge in [-0.05, 0) is 61.4 Å². The third kappa shape index (κ3) is 5.25. The number of ether oxygens (including phenoxy) is 1. The monoisotopic (exact) mass is 401 g/mol. The molecular weight excluding hydrogens is 383 g/mol. The van der Waals surface area contributed by atoms with E-state index >= 15 is 0 Å². The van der Waals surface area contributed by atoms with Gasteiger partial charge in [0.05, 0.1) is 5.56 Å². The van der Waals surface area contributed by atoms with Crippen LogP contribution in [0.5, 0.6) is 5.75 Å². The van der Waals surface area contributed by atoms with Gasteiger partial charge in [-0.25, -0.2) is 4.98 Å². The van der Waals surface area contributed by atoms with Crippen LogP contribution in [0.1, 0.15) is 21.5 Å². The van der Waals surface area contributed by atoms with Crippen molar-refractivity contribution in [3.05, 3.63) is 77.5 Å². The standard InChI is InChI=1S/C21H18F3N3O2/c1-13-5-3-6-14(2)18(13)27-20(28)17-7-4-12-25-19(17)26-15-8-10-16(11-9-15)29-21(22,23)24/h3-12H,1-2H3,(H,25,26)(H,27,28). The van der Waals surface area contributed by atoms with Gasteiger partial charge in [-0.15, -0.1) is 13.2 Å². The Morgan fingerprint density at radius 3 is 2.24 bits per heavy atom. The van der Waals surface area contributed by atoms with E-state index in [1.165, 1.54) is 30.5 Å². The maximum atomic E-state index is 12.8. The number of nitrogens with zero attached hydrogens (tertiary/aromatic N) is 1. The number of pyridine rings is 1. The number of carbonyl (C=O) groups excluding carboxylic acids is 1. The first-order chi connectivity index (χ1) is 13.7. The van der Waals surface area contributed by atoms with Crippen LogP contribution >= 0.6 is 0 Å². The normalized spacial score (nSPS) is 11.1. The number of nitrogens with one attached hydrogen (secondary N) is 2. The van der Waals surface area contributed by atoms with E-state index in [0.717, 1.165) is 16.8 Å². The van der Waals surface area contributed by atoms with Crippen molar-refractivity contribution in [2.45, 2.75) is 20.2 Å². The molecule has 0 aliphatic carbocycles. The second-order valence-corrected chi connectivity index (χ2v) is 6.32. The van der Waals surface area contributed by atoms with Crippen molar-refractivity contribution in [1.29, 1.82) is 0 Å². The van der Waals surface area contributed by atoms with E-state index in [4.69, 9.17) is 0 Å². The molecule has 0 bridgehead atoms. The lowest BCUT2D eigenvalue weighted by molar-refractivity contribution is -0.274. The number of hydrogen-bond acceptors (Lipinski definition) is 4. The molecule has 0 saturated heterocycles. The molecule has 29 heavy (non-hydrogen) atoms. The molecule has 150 valence electrons. The first kappa shape index (κ1) is 20.2. The molecule has 8 heteroatoms. The van der Waals surface area contributed by atoms with E-state index in [1.807, 2.05) is 32.0 Å². The van der Waals surface area contributed by atoms with Gasteiger partial charge >= 0.3 is 6.36 Å². The molecule has 0 radical (unpaired) electrons. The second-order valence-electron chi connectivity index (χ2n) is 6.32. The molecule has 1 heterocycles. The maximum absolute atomic E-state index is 12.8. The van der Waals surface area contributed by atoms with Crippen LogP contribution in [-0.2, 0) is 0 Å². The average Bonchev–Trinajstić information content (AvgIpc) is 2.65. The Bertz CT molecular complexity index is 998. The number of hydrogen-bond donors (Lipinski definition) is 2. The predicted octanol–water partition coefficient (Wildman–Crippen LogP) is 5.59. The fourth-order valence-corrected chi connectivity index (χ4v) is 2.76. The van der Waals surface area contributed by atoms with Gasteiger partial charge in [-0.2, -0.15) is 0 Å². The average molecular weight is 401 g/mol. The molecule has 0 aliphatic rings. The second kappa shape index (κ2) is 8.22. The van der Waals surface area contributed by atoms with E-state index in [2.05, 4.69) is 20.4 Å². The lowest BCUT2D eigenvalue weighted by Crippen LogP contribution is -2.17. The van der Waals surface area contributed by atoms with Crippen molar-refractivity contribution < 1.29 is 22.7 Å². The van der Waals surface area contributed by atoms with Gasteiger partial charge in [-0.1, -0.05) is 18.2 Å². The number of aryl methyl sites for hydroxylation is 2. The van der Waals surface area contributed by atoms with Crippen LogP contribution < -0.4 is 15.4 Å². The topological polar surface area (TPSA) is 63.2 Å². The summed E-state index contributed by atoms with van der Waals surface area (Å²) in [6.45, 7) is 3.80. The van der Waals surface area contributed by atoms with Crippen molar-refractivity contribution in [3.8, 4) is 5.75 Å². The minimum absolute atomic E-state index is 0.278. The Balaban J connectivity index is 1.79. The summed E-state index contributed by atoms with van der Waals surface area (Å²) in [6.07, 6.45) is -3.24. The lowest BCUT2D eigenvalue weighted by Gasteiger charge is -2.14. The summed E-state index contributed by atoms with van der Waals surface area (Å²) >= 11 is 0. The van der Waals surface area contributed by atoms with Crippen LogP contribution in [0, 0.1) is 13.8 Å². The zero-order valence-electron chi connectivity index (χ0n) is 15.7. The highest BCUT2D eigenvalue weighted by Gasteiger charge is 2.31. The summed E-state index contributed by atoms with van der Waals surface area (Å²) in [6, 6.07) is 14.1. The molecule has 0 atom stereocenters. The summed E-state index contributed by atoms with van der Waals surface area (Å²) in [5.41, 5.74) is 3.33. The smallest absolute Gasteiger partial charge is 0.406 e. The molecule has 1 amide bonds. The summed E-state index contributed by atoms with van der Waals surface area (Å²) in [7, 11) is 0. The number of benzene rings is 2. The Morgan fingerprint density at radius 1 is 0.966 bits per heavy atom. The van der Waals surface area contributed by atoms with Gasteiger partial charge in [0.2, 0.25) is 0 Å². The molecule has 0 fully saturated rings. The first-order valence-electron chi connectivity index (χ1n) is 8.68. The summed E-state index contributed by atoms with van der Waals surface area (Å²) in [5.74, 6) is -0.409. The number of carbonyl (C=O) groups is 1. The van der Waals surface area contributed by atoms with Crippen molar-refractivity contribution in [2.24, 2.45) is 0 Å². The van der Waals surface area contributed by atoms with E-state index in [-0.39, 0.29) is 17.5 Å². The quantitative estimate of drug-likeness (QED) is 0.585. The van der Waals surface area contributed by atoms with Gasteiger partial charge in [0, 0.05) is 17.6 Å². The Labute approximate surface area is 165 Å². The fraction of sp³-hybridized carbons (Fsp3) is 0.143. The minimum atomic E-state index is -4.76. The summed E-state index contributed by atoms with van der Waals surface area (Å²) in [4.78, 5) is 17.0. The van der Waals surface area contributed by atoms with Crippen LogP contribution in [0.2, 0.25) is 0 Å². The van der Waals surface area contributed by atoms with Crippen molar-refractivity contribution in [2.75, 3.05) is 10.6 Å². The van der Waals surface area contributed by atoms with Gasteiger partial charge in [0.1, 0.15) is 11.6 Å². The lowest BCUT2D eigenvalue weighted by atomic mass is 10.1. The molecule has 2 aromatic carbocycles. The molecular formula is C21H18F3N3O2. The fourth-order valence-electron chi connectivity index (χ4n) is 2.76. The van der Waals surface area contributed by atoms with Gasteiger partial charge in [0.15, 0.2) is 0 Å². The largest absolute Gasteiger partial charge is 0.573 e. The molecule has 3 aromatic rings. The number of anilines is 3. The molecule has 5 nitrogen and oxygen atoms in total. The molecule has 0 aliphatic heterocycles. The molecule has 1 aromatic heterocycles. The molecule has 2 N–H and O–H groups in total. The van der Waals surface area contributed by atoms with Crippen LogP contribution in [-0.4, -0.2) is 17.3 Å². The van der Waals surface area contributed by atoms with E-state index in [1.54, 1.807) is 12.1 Å². The molecule has 0 saturated carbocycles. The van der Waals surface area contributed by atoms with Crippen molar-refractivity contribution in [1.82, 2.24) is 4.98 Å². The zero-order chi connectivity index (χ0) is 21.0. The van der Waals surface area contributed by atoms with E-state index < -0.39 is 6.36 Å². The van der Waals surface area contributed by atoms with Crippen LogP contribution in [0.3, 0.4) is 0 Å². The molecule has 0 spiro atoms. The number of para-hydroxylation sites is 1. The molecule has 0 unspecified atom stereocenters. The Morgan fingerprint density at radius 2 is 1.62 bits per heavy atom. The third-order valence-corrected chi connectivity index (χ3v) is 4.12. The van der Waals surface area contributed by atoms with Crippen molar-refractivity contribution in [3.63, 3.8) is 0 Å². The highest BCUT2D eigenvalue weighted by molar-refractivity contribution is 6.08. The van der Waals surface area contributed by atoms with Crippen molar-refractivity contribution >= 4 is 23.1 Å². The van der Waals surface area contributed by atoms with Gasteiger partial charge < -0.3 is 15.4 Å². The minimum Gasteiger partial charge on any atom is -0.406 e. The van der Waals surface area contributed by atoms with Crippen LogP contribution in [0.4, 0.5) is 30.4 Å². The number of alkyl halides is 3. The third-order valence-electron chi connectivity index (χ3n) is 4.12. The highest BCUT2D eigenvalue weighted by atomic mass is 19.4. The SMILES string of the molecule is Cc1cccc(C)c1NC(=O)c1cccnc1Nc1ccc(OC(F)(F)F)cc1. The predicted molar refractivity (Wildman–Crippen MR) is 105 cm³/mol. The van der Waals surface area contributed by atoms with Gasteiger partial charge in [-0.3, -0.25) is 4.79 Å². The molecule has 3 rings (SSSR count). The first-order valence-corrected chi connectivity index (χ1v) is 8.68. The van der Waals surface area contributed by atoms with Crippen LogP contribution in [0.25, 0.3) is 0 Å². The number of rotatable bonds is 5. The number of halogens is 3. The maximum Gasteiger partial charge on any atom is 0.573 e. The van der Waals surface area contributed by atoms with E-state index in [0.29, 0.717) is 11.3 Å². The Kier molecular flexibility index (Phi) is 5.72.